The number of carbonyl (C=O) groups excluding carboxylic acids is 2. The molecule has 3 aromatic rings. The van der Waals surface area contributed by atoms with Crippen molar-refractivity contribution in [2.45, 2.75) is 59.9 Å². The first kappa shape index (κ1) is 27.2. The molecule has 1 unspecified atom stereocenters. The van der Waals surface area contributed by atoms with Crippen LogP contribution in [0.1, 0.15) is 68.5 Å². The fourth-order valence-corrected chi connectivity index (χ4v) is 5.06. The predicted octanol–water partition coefficient (Wildman–Crippen LogP) is 7.07. The quantitative estimate of drug-likeness (QED) is 0.219. The van der Waals surface area contributed by atoms with E-state index in [1.54, 1.807) is 0 Å². The molecule has 0 spiro atoms. The maximum absolute atomic E-state index is 13.6. The number of aliphatic hydroxyl groups excluding tert-OH is 1. The lowest BCUT2D eigenvalue weighted by atomic mass is 9.84. The minimum atomic E-state index is -0.749. The fourth-order valence-electron chi connectivity index (χ4n) is 5.06. The molecule has 3 aromatic carbocycles. The van der Waals surface area contributed by atoms with Gasteiger partial charge >= 0.3 is 0 Å². The molecule has 1 aliphatic heterocycles. The lowest BCUT2D eigenvalue weighted by Crippen LogP contribution is -2.29. The second kappa shape index (κ2) is 10.5. The van der Waals surface area contributed by atoms with Crippen LogP contribution in [0, 0.1) is 13.8 Å². The SMILES string of the molecule is CCN(CC)c1ccc(C2/C(=C(\O)c3cc(C(C)(C)C)ccc3C)C(=O)C(=O)N2c2ccc(C)cc2)cc1. The highest BCUT2D eigenvalue weighted by Gasteiger charge is 2.47. The lowest BCUT2D eigenvalue weighted by molar-refractivity contribution is -0.132. The number of amides is 1. The van der Waals surface area contributed by atoms with Crippen molar-refractivity contribution >= 4 is 28.8 Å². The topological polar surface area (TPSA) is 60.9 Å². The van der Waals surface area contributed by atoms with E-state index in [2.05, 4.69) is 39.5 Å². The van der Waals surface area contributed by atoms with Gasteiger partial charge in [0.05, 0.1) is 11.6 Å². The molecule has 0 radical (unpaired) electrons. The van der Waals surface area contributed by atoms with E-state index in [0.29, 0.717) is 11.3 Å². The van der Waals surface area contributed by atoms with E-state index in [9.17, 15) is 14.7 Å². The van der Waals surface area contributed by atoms with Crippen molar-refractivity contribution in [1.82, 2.24) is 0 Å². The van der Waals surface area contributed by atoms with Crippen LogP contribution in [0.5, 0.6) is 0 Å². The zero-order valence-electron chi connectivity index (χ0n) is 23.5. The number of aliphatic hydroxyl groups is 1. The zero-order valence-corrected chi connectivity index (χ0v) is 23.5. The molecule has 198 valence electrons. The van der Waals surface area contributed by atoms with Crippen molar-refractivity contribution < 1.29 is 14.7 Å². The van der Waals surface area contributed by atoms with E-state index in [0.717, 1.165) is 41.0 Å². The zero-order chi connectivity index (χ0) is 27.8. The van der Waals surface area contributed by atoms with Crippen molar-refractivity contribution in [1.29, 1.82) is 0 Å². The Kier molecular flexibility index (Phi) is 7.50. The Labute approximate surface area is 226 Å². The van der Waals surface area contributed by atoms with Crippen molar-refractivity contribution in [3.8, 4) is 0 Å². The van der Waals surface area contributed by atoms with Gasteiger partial charge in [-0.05, 0) is 80.1 Å². The summed E-state index contributed by atoms with van der Waals surface area (Å²) >= 11 is 0. The monoisotopic (exact) mass is 510 g/mol. The first-order valence-electron chi connectivity index (χ1n) is 13.3. The Morgan fingerprint density at radius 3 is 2.05 bits per heavy atom. The molecule has 0 bridgehead atoms. The smallest absolute Gasteiger partial charge is 0.300 e. The van der Waals surface area contributed by atoms with Gasteiger partial charge in [0.25, 0.3) is 11.7 Å². The second-order valence-corrected chi connectivity index (χ2v) is 11.0. The number of benzene rings is 3. The van der Waals surface area contributed by atoms with Gasteiger partial charge in [-0.15, -0.1) is 0 Å². The predicted molar refractivity (Wildman–Crippen MR) is 156 cm³/mol. The Balaban J connectivity index is 1.94. The molecular weight excluding hydrogens is 472 g/mol. The lowest BCUT2D eigenvalue weighted by Gasteiger charge is -2.27. The van der Waals surface area contributed by atoms with Gasteiger partial charge in [-0.2, -0.15) is 0 Å². The first-order valence-corrected chi connectivity index (χ1v) is 13.3. The summed E-state index contributed by atoms with van der Waals surface area (Å²) in [6.45, 7) is 16.2. The number of hydrogen-bond acceptors (Lipinski definition) is 4. The number of Topliss-reactive ketones (excluding diaryl/α,β-unsaturated/α-hetero) is 1. The Hall–Kier alpha value is -3.86. The van der Waals surface area contributed by atoms with Crippen LogP contribution in [0.2, 0.25) is 0 Å². The third-order valence-corrected chi connectivity index (χ3v) is 7.45. The van der Waals surface area contributed by atoms with Gasteiger partial charge in [0.2, 0.25) is 0 Å². The highest BCUT2D eigenvalue weighted by Crippen LogP contribution is 2.43. The largest absolute Gasteiger partial charge is 0.507 e. The summed E-state index contributed by atoms with van der Waals surface area (Å²) in [6, 6.07) is 20.7. The average Bonchev–Trinajstić information content (AvgIpc) is 3.15. The number of ketones is 1. The van der Waals surface area contributed by atoms with E-state index in [1.807, 2.05) is 80.6 Å². The molecule has 1 amide bonds. The molecule has 1 aliphatic rings. The summed E-state index contributed by atoms with van der Waals surface area (Å²) in [5.74, 6) is -1.46. The van der Waals surface area contributed by atoms with Gasteiger partial charge < -0.3 is 10.0 Å². The summed E-state index contributed by atoms with van der Waals surface area (Å²) in [5, 5.41) is 11.7. The van der Waals surface area contributed by atoms with Gasteiger partial charge in [0.1, 0.15) is 5.76 Å². The van der Waals surface area contributed by atoms with Crippen molar-refractivity contribution in [2.75, 3.05) is 22.9 Å². The van der Waals surface area contributed by atoms with Crippen molar-refractivity contribution in [2.24, 2.45) is 0 Å². The van der Waals surface area contributed by atoms with Crippen LogP contribution in [-0.4, -0.2) is 29.9 Å². The van der Waals surface area contributed by atoms with Crippen LogP contribution in [-0.2, 0) is 15.0 Å². The second-order valence-electron chi connectivity index (χ2n) is 11.0. The molecule has 0 aliphatic carbocycles. The van der Waals surface area contributed by atoms with E-state index in [1.165, 1.54) is 4.90 Å². The van der Waals surface area contributed by atoms with Crippen LogP contribution in [0.15, 0.2) is 72.3 Å². The normalized spacial score (nSPS) is 17.2. The summed E-state index contributed by atoms with van der Waals surface area (Å²) in [5.41, 5.74) is 5.94. The molecule has 38 heavy (non-hydrogen) atoms. The number of rotatable bonds is 6. The molecule has 5 nitrogen and oxygen atoms in total. The van der Waals surface area contributed by atoms with E-state index >= 15 is 0 Å². The molecule has 0 aromatic heterocycles. The third kappa shape index (κ3) is 4.98. The Bertz CT molecular complexity index is 1380. The van der Waals surface area contributed by atoms with E-state index < -0.39 is 17.7 Å². The van der Waals surface area contributed by atoms with Gasteiger partial charge in [0.15, 0.2) is 0 Å². The molecule has 4 rings (SSSR count). The van der Waals surface area contributed by atoms with Gasteiger partial charge in [0, 0.05) is 30.0 Å². The summed E-state index contributed by atoms with van der Waals surface area (Å²) < 4.78 is 0. The summed E-state index contributed by atoms with van der Waals surface area (Å²) in [7, 11) is 0. The highest BCUT2D eigenvalue weighted by molar-refractivity contribution is 6.51. The Morgan fingerprint density at radius 2 is 1.50 bits per heavy atom. The maximum atomic E-state index is 13.6. The minimum absolute atomic E-state index is 0.111. The molecule has 5 heteroatoms. The van der Waals surface area contributed by atoms with Crippen molar-refractivity contribution in [3.63, 3.8) is 0 Å². The molecule has 1 N–H and O–H groups in total. The van der Waals surface area contributed by atoms with Gasteiger partial charge in [-0.3, -0.25) is 14.5 Å². The number of anilines is 2. The van der Waals surface area contributed by atoms with Crippen LogP contribution >= 0.6 is 0 Å². The van der Waals surface area contributed by atoms with Gasteiger partial charge in [-0.1, -0.05) is 62.7 Å². The standard InChI is InChI=1S/C33H38N2O3/c1-8-34(9-2)25-18-13-23(14-19-25)29-28(30(36)27-20-24(33(5,6)7)15-12-22(27)4)31(37)32(38)35(29)26-16-10-21(3)11-17-26/h10-20,29,36H,8-9H2,1-7H3/b30-28+. The number of aryl methyl sites for hydroxylation is 2. The van der Waals surface area contributed by atoms with Crippen LogP contribution in [0.25, 0.3) is 5.76 Å². The minimum Gasteiger partial charge on any atom is -0.507 e. The van der Waals surface area contributed by atoms with Gasteiger partial charge in [-0.25, -0.2) is 0 Å². The molecule has 0 saturated carbocycles. The molecule has 1 fully saturated rings. The number of carbonyl (C=O) groups is 2. The van der Waals surface area contributed by atoms with Crippen LogP contribution in [0.3, 0.4) is 0 Å². The van der Waals surface area contributed by atoms with Crippen LogP contribution < -0.4 is 9.80 Å². The van der Waals surface area contributed by atoms with Crippen molar-refractivity contribution in [3.05, 3.63) is 100 Å². The number of hydrogen-bond donors (Lipinski definition) is 1. The molecular formula is C33H38N2O3. The summed E-state index contributed by atoms with van der Waals surface area (Å²) in [6.07, 6.45) is 0. The maximum Gasteiger partial charge on any atom is 0.300 e. The molecule has 1 heterocycles. The Morgan fingerprint density at radius 1 is 0.895 bits per heavy atom. The summed E-state index contributed by atoms with van der Waals surface area (Å²) in [4.78, 5) is 30.9. The fraction of sp³-hybridized carbons (Fsp3) is 0.333. The third-order valence-electron chi connectivity index (χ3n) is 7.45. The molecule has 1 atom stereocenters. The highest BCUT2D eigenvalue weighted by atomic mass is 16.3. The van der Waals surface area contributed by atoms with E-state index in [-0.39, 0.29) is 16.7 Å². The van der Waals surface area contributed by atoms with Crippen LogP contribution in [0.4, 0.5) is 11.4 Å². The number of nitrogens with zero attached hydrogens (tertiary/aromatic N) is 2. The van der Waals surface area contributed by atoms with E-state index in [4.69, 9.17) is 0 Å². The molecule has 1 saturated heterocycles. The first-order chi connectivity index (χ1) is 18.0. The average molecular weight is 511 g/mol.